The van der Waals surface area contributed by atoms with Crippen LogP contribution >= 0.6 is 0 Å². The van der Waals surface area contributed by atoms with Gasteiger partial charge in [0, 0.05) is 24.1 Å². The molecule has 15 heteroatoms. The van der Waals surface area contributed by atoms with Crippen molar-refractivity contribution in [3.63, 3.8) is 0 Å². The minimum Gasteiger partial charge on any atom is -0.494 e. The molecule has 5 aliphatic rings. The summed E-state index contributed by atoms with van der Waals surface area (Å²) in [7, 11) is -3.86. The summed E-state index contributed by atoms with van der Waals surface area (Å²) in [6, 6.07) is 11.1. The average molecular weight is 749 g/mol. The standard InChI is InChI=1S/C38H48N6O8S/c1-5-22-20-38(22,35(47)43-53(49,50)25-13-14-25)41-33(45)30-19-24-21-44(30)34(46)32(37(2,3)4)40-36(48)39-16-8-9-17-51-23-12-15-27-26-10-6-7-11-28(26)31(42-52-24)29(27)18-23/h6-7,10-12,15,18,22,24-25,30,32H,5,8-9,13-14,16-17,19-21H2,1-4H3,(H,41,45)(H,43,47)(H2,39,40,48)/b42-31+/t22-,24?,30?,32-,38?/m1/s1. The number of hydrogen-bond donors (Lipinski definition) is 4. The average Bonchev–Trinajstić information content (AvgIpc) is 4.03. The van der Waals surface area contributed by atoms with Crippen molar-refractivity contribution in [2.75, 3.05) is 19.7 Å². The van der Waals surface area contributed by atoms with Gasteiger partial charge in [0.15, 0.2) is 0 Å². The van der Waals surface area contributed by atoms with Gasteiger partial charge in [-0.2, -0.15) is 0 Å². The van der Waals surface area contributed by atoms with Crippen molar-refractivity contribution < 1.29 is 37.2 Å². The zero-order chi connectivity index (χ0) is 37.7. The first-order valence-corrected chi connectivity index (χ1v) is 20.1. The van der Waals surface area contributed by atoms with Crippen LogP contribution in [0.2, 0.25) is 0 Å². The second-order valence-corrected chi connectivity index (χ2v) is 17.8. The van der Waals surface area contributed by atoms with Crippen molar-refractivity contribution >= 4 is 39.5 Å². The van der Waals surface area contributed by atoms with Crippen LogP contribution in [0.5, 0.6) is 5.75 Å². The molecule has 7 rings (SSSR count). The van der Waals surface area contributed by atoms with Crippen LogP contribution in [0, 0.1) is 11.3 Å². The van der Waals surface area contributed by atoms with Crippen LogP contribution in [0.25, 0.3) is 11.1 Å². The lowest BCUT2D eigenvalue weighted by Gasteiger charge is -2.35. The third-order valence-electron chi connectivity index (χ3n) is 10.9. The number of hydrogen-bond acceptors (Lipinski definition) is 9. The molecular weight excluding hydrogens is 701 g/mol. The number of ether oxygens (including phenoxy) is 1. The van der Waals surface area contributed by atoms with E-state index in [4.69, 9.17) is 9.57 Å². The van der Waals surface area contributed by atoms with E-state index in [1.807, 2.05) is 70.2 Å². The topological polar surface area (TPSA) is 185 Å². The predicted molar refractivity (Wildman–Crippen MR) is 196 cm³/mol. The van der Waals surface area contributed by atoms with E-state index in [9.17, 15) is 27.6 Å². The monoisotopic (exact) mass is 748 g/mol. The Balaban J connectivity index is 1.21. The maximum atomic E-state index is 14.5. The lowest BCUT2D eigenvalue weighted by atomic mass is 9.85. The Hall–Kier alpha value is -4.66. The summed E-state index contributed by atoms with van der Waals surface area (Å²) in [6.45, 7) is 8.14. The van der Waals surface area contributed by atoms with Crippen molar-refractivity contribution in [2.24, 2.45) is 16.5 Å². The fraction of sp³-hybridized carbons (Fsp3) is 0.553. The maximum absolute atomic E-state index is 14.5. The second kappa shape index (κ2) is 14.0. The number of oxime groups is 1. The van der Waals surface area contributed by atoms with Crippen LogP contribution in [0.1, 0.15) is 83.8 Å². The Kier molecular flexibility index (Phi) is 9.66. The molecule has 3 fully saturated rings. The van der Waals surface area contributed by atoms with Crippen molar-refractivity contribution in [3.05, 3.63) is 53.6 Å². The molecule has 2 aromatic rings. The highest BCUT2D eigenvalue weighted by Gasteiger charge is 2.62. The molecule has 2 aromatic carbocycles. The van der Waals surface area contributed by atoms with Gasteiger partial charge in [-0.25, -0.2) is 13.2 Å². The first kappa shape index (κ1) is 36.7. The van der Waals surface area contributed by atoms with E-state index >= 15 is 0 Å². The molecule has 284 valence electrons. The first-order chi connectivity index (χ1) is 25.2. The summed E-state index contributed by atoms with van der Waals surface area (Å²) >= 11 is 0. The molecule has 53 heavy (non-hydrogen) atoms. The van der Waals surface area contributed by atoms with Gasteiger partial charge in [-0.3, -0.25) is 19.1 Å². The van der Waals surface area contributed by atoms with Gasteiger partial charge < -0.3 is 30.4 Å². The highest BCUT2D eigenvalue weighted by Crippen LogP contribution is 2.47. The van der Waals surface area contributed by atoms with Crippen LogP contribution in [0.15, 0.2) is 47.6 Å². The number of benzene rings is 2. The third kappa shape index (κ3) is 7.32. The van der Waals surface area contributed by atoms with Crippen molar-refractivity contribution in [1.82, 2.24) is 25.6 Å². The number of urea groups is 1. The molecular formula is C38H48N6O8S. The fourth-order valence-electron chi connectivity index (χ4n) is 7.62. The minimum atomic E-state index is -3.86. The summed E-state index contributed by atoms with van der Waals surface area (Å²) in [5, 5.41) is 12.6. The molecule has 4 bridgehead atoms. The van der Waals surface area contributed by atoms with Crippen LogP contribution in [-0.2, 0) is 29.2 Å². The largest absolute Gasteiger partial charge is 0.494 e. The smallest absolute Gasteiger partial charge is 0.315 e. The molecule has 3 aliphatic carbocycles. The Morgan fingerprint density at radius 1 is 1.04 bits per heavy atom. The van der Waals surface area contributed by atoms with Gasteiger partial charge >= 0.3 is 6.03 Å². The van der Waals surface area contributed by atoms with E-state index in [-0.39, 0.29) is 25.3 Å². The Labute approximate surface area is 309 Å². The quantitative estimate of drug-likeness (QED) is 0.296. The van der Waals surface area contributed by atoms with Gasteiger partial charge in [0.25, 0.3) is 5.91 Å². The predicted octanol–water partition coefficient (Wildman–Crippen LogP) is 3.19. The fourth-order valence-corrected chi connectivity index (χ4v) is 8.98. The molecule has 2 heterocycles. The summed E-state index contributed by atoms with van der Waals surface area (Å²) in [6.07, 6.45) is 2.42. The molecule has 14 nitrogen and oxygen atoms in total. The molecule has 2 saturated carbocycles. The van der Waals surface area contributed by atoms with Gasteiger partial charge in [0.05, 0.1) is 18.4 Å². The molecule has 0 aromatic heterocycles. The molecule has 0 spiro atoms. The minimum absolute atomic E-state index is 0.0201. The highest BCUT2D eigenvalue weighted by molar-refractivity contribution is 7.91. The van der Waals surface area contributed by atoms with E-state index in [0.717, 1.165) is 22.3 Å². The third-order valence-corrected chi connectivity index (χ3v) is 12.7. The van der Waals surface area contributed by atoms with E-state index in [1.54, 1.807) is 0 Å². The van der Waals surface area contributed by atoms with E-state index in [2.05, 4.69) is 25.8 Å². The van der Waals surface area contributed by atoms with E-state index in [1.165, 1.54) is 4.90 Å². The summed E-state index contributed by atoms with van der Waals surface area (Å²) in [5.41, 5.74) is 2.11. The highest BCUT2D eigenvalue weighted by atomic mass is 32.2. The molecule has 4 N–H and O–H groups in total. The Morgan fingerprint density at radius 2 is 1.77 bits per heavy atom. The maximum Gasteiger partial charge on any atom is 0.315 e. The molecule has 3 unspecified atom stereocenters. The number of carbonyl (C=O) groups excluding carboxylic acids is 4. The number of nitrogens with zero attached hydrogens (tertiary/aromatic N) is 2. The lowest BCUT2D eigenvalue weighted by molar-refractivity contribution is -0.142. The molecule has 5 atom stereocenters. The van der Waals surface area contributed by atoms with Gasteiger partial charge in [0.1, 0.15) is 35.2 Å². The zero-order valence-corrected chi connectivity index (χ0v) is 31.4. The summed E-state index contributed by atoms with van der Waals surface area (Å²) in [4.78, 5) is 63.0. The van der Waals surface area contributed by atoms with E-state index < -0.39 is 68.2 Å². The Morgan fingerprint density at radius 3 is 2.47 bits per heavy atom. The van der Waals surface area contributed by atoms with Crippen molar-refractivity contribution in [3.8, 4) is 16.9 Å². The number of nitrogens with one attached hydrogen (secondary N) is 4. The SMILES string of the molecule is CC[C@@H]1CC1(NC(=O)C1CC2CN1C(=O)[C@H](C(C)(C)C)NC(=O)NCCCCOc1ccc3c(c1)/C(=N/O2)c1ccccc1-3)C(=O)NS(=O)(=O)C1CC1. The second-order valence-electron chi connectivity index (χ2n) is 15.9. The number of rotatable bonds is 6. The normalized spacial score (nSPS) is 28.3. The van der Waals surface area contributed by atoms with Crippen molar-refractivity contribution in [1.29, 1.82) is 0 Å². The molecule has 0 radical (unpaired) electrons. The van der Waals surface area contributed by atoms with Crippen LogP contribution in [0.3, 0.4) is 0 Å². The number of amides is 5. The number of carbonyl (C=O) groups is 4. The molecule has 2 aliphatic heterocycles. The van der Waals surface area contributed by atoms with Gasteiger partial charge in [-0.15, -0.1) is 0 Å². The van der Waals surface area contributed by atoms with Gasteiger partial charge in [0.2, 0.25) is 21.8 Å². The van der Waals surface area contributed by atoms with E-state index in [0.29, 0.717) is 56.7 Å². The molecule has 1 saturated heterocycles. The Bertz CT molecular complexity index is 1960. The number of sulfonamides is 1. The van der Waals surface area contributed by atoms with Crippen molar-refractivity contribution in [2.45, 2.75) is 102 Å². The lowest BCUT2D eigenvalue weighted by Crippen LogP contribution is -2.61. The summed E-state index contributed by atoms with van der Waals surface area (Å²) < 4.78 is 33.7. The zero-order valence-electron chi connectivity index (χ0n) is 30.6. The van der Waals surface area contributed by atoms with Crippen LogP contribution < -0.4 is 25.4 Å². The first-order valence-electron chi connectivity index (χ1n) is 18.6. The molecule has 5 amide bonds. The number of fused-ring (bicyclic) bond motifs is 6. The van der Waals surface area contributed by atoms with Crippen LogP contribution in [-0.4, -0.2) is 91.5 Å². The van der Waals surface area contributed by atoms with Crippen LogP contribution in [0.4, 0.5) is 4.79 Å². The van der Waals surface area contributed by atoms with Gasteiger partial charge in [-0.1, -0.05) is 63.5 Å². The summed E-state index contributed by atoms with van der Waals surface area (Å²) in [5.74, 6) is -1.47. The van der Waals surface area contributed by atoms with Gasteiger partial charge in [-0.05, 0) is 72.8 Å².